The van der Waals surface area contributed by atoms with E-state index in [9.17, 15) is 0 Å². The molecule has 0 radical (unpaired) electrons. The van der Waals surface area contributed by atoms with Crippen LogP contribution in [0.3, 0.4) is 0 Å². The average Bonchev–Trinajstić information content (AvgIpc) is 0. The average molecular weight is 186 g/mol. The summed E-state index contributed by atoms with van der Waals surface area (Å²) in [6.45, 7) is 0. The summed E-state index contributed by atoms with van der Waals surface area (Å²) in [5.74, 6) is 0. The SMILES string of the molecule is [AlH3].[AlH3].[AlH3].[Ti].[Ti]. The van der Waals surface area contributed by atoms with Crippen LogP contribution in [0.4, 0.5) is 0 Å². The predicted octanol–water partition coefficient (Wildman–Crippen LogP) is -3.56. The molecular formula is H9Al3Ti2. The van der Waals surface area contributed by atoms with E-state index in [1.54, 1.807) is 0 Å². The second kappa shape index (κ2) is 27.9. The molecule has 0 amide bonds. The van der Waals surface area contributed by atoms with Gasteiger partial charge in [0.1, 0.15) is 0 Å². The molecule has 0 N–H and O–H groups in total. The first-order chi connectivity index (χ1) is 0. The predicted molar refractivity (Wildman–Crippen MR) is 29.8 cm³/mol. The number of rotatable bonds is 0. The molecule has 0 rings (SSSR count). The molecule has 0 saturated carbocycles. The summed E-state index contributed by atoms with van der Waals surface area (Å²) in [5.41, 5.74) is 0. The first kappa shape index (κ1) is 43.3. The second-order valence-corrected chi connectivity index (χ2v) is 0. The Morgan fingerprint density at radius 2 is 0.400 bits per heavy atom. The van der Waals surface area contributed by atoms with E-state index in [2.05, 4.69) is 0 Å². The van der Waals surface area contributed by atoms with E-state index in [0.29, 0.717) is 0 Å². The molecule has 0 fully saturated rings. The van der Waals surface area contributed by atoms with Crippen LogP contribution in [0.5, 0.6) is 0 Å². The van der Waals surface area contributed by atoms with Crippen LogP contribution in [0.2, 0.25) is 0 Å². The summed E-state index contributed by atoms with van der Waals surface area (Å²) in [4.78, 5) is 0. The molecule has 0 aliphatic carbocycles. The quantitative estimate of drug-likeness (QED) is 0.343. The van der Waals surface area contributed by atoms with Crippen molar-refractivity contribution in [3.63, 3.8) is 0 Å². The molecule has 0 heterocycles. The Morgan fingerprint density at radius 3 is 0.400 bits per heavy atom. The summed E-state index contributed by atoms with van der Waals surface area (Å²) >= 11 is 0. The van der Waals surface area contributed by atoms with Crippen molar-refractivity contribution in [1.82, 2.24) is 0 Å². The van der Waals surface area contributed by atoms with Crippen molar-refractivity contribution >= 4 is 52.1 Å². The fourth-order valence-corrected chi connectivity index (χ4v) is 0. The van der Waals surface area contributed by atoms with Crippen molar-refractivity contribution in [1.29, 1.82) is 0 Å². The smallest absolute Gasteiger partial charge is 0 e. The third kappa shape index (κ3) is 19.4. The Bertz CT molecular complexity index is 4.85. The largest absolute Gasteiger partial charge is 0.187 e. The number of hydrogen-bond donors (Lipinski definition) is 0. The summed E-state index contributed by atoms with van der Waals surface area (Å²) < 4.78 is 0. The maximum atomic E-state index is 0. The van der Waals surface area contributed by atoms with Gasteiger partial charge in [0, 0.05) is 43.4 Å². The van der Waals surface area contributed by atoms with E-state index in [-0.39, 0.29) is 95.5 Å². The zero-order valence-electron chi connectivity index (χ0n) is 1.00. The molecule has 5 heavy (non-hydrogen) atoms. The van der Waals surface area contributed by atoms with Gasteiger partial charge in [-0.3, -0.25) is 0 Å². The third-order valence-corrected chi connectivity index (χ3v) is 0. The molecule has 0 bridgehead atoms. The van der Waals surface area contributed by atoms with Gasteiger partial charge in [0.2, 0.25) is 0 Å². The van der Waals surface area contributed by atoms with Gasteiger partial charge in [0.15, 0.2) is 52.1 Å². The molecule has 0 atom stereocenters. The van der Waals surface area contributed by atoms with Gasteiger partial charge in [-0.25, -0.2) is 0 Å². The van der Waals surface area contributed by atoms with Gasteiger partial charge >= 0.3 is 0 Å². The normalized spacial score (nSPS) is 0. The monoisotopic (exact) mass is 186 g/mol. The van der Waals surface area contributed by atoms with E-state index in [1.807, 2.05) is 0 Å². The molecule has 26 valence electrons. The first-order valence-corrected chi connectivity index (χ1v) is 0. The van der Waals surface area contributed by atoms with Gasteiger partial charge in [-0.2, -0.15) is 0 Å². The van der Waals surface area contributed by atoms with Gasteiger partial charge in [0.05, 0.1) is 0 Å². The van der Waals surface area contributed by atoms with Crippen LogP contribution in [0, 0.1) is 0 Å². The minimum atomic E-state index is 0. The summed E-state index contributed by atoms with van der Waals surface area (Å²) in [7, 11) is 0. The molecule has 0 aromatic heterocycles. The van der Waals surface area contributed by atoms with Crippen molar-refractivity contribution in [3.8, 4) is 0 Å². The topological polar surface area (TPSA) is 0 Å². The molecule has 0 unspecified atom stereocenters. The first-order valence-electron chi connectivity index (χ1n) is 0. The fourth-order valence-electron chi connectivity index (χ4n) is 0. The van der Waals surface area contributed by atoms with Crippen LogP contribution in [0.1, 0.15) is 0 Å². The minimum Gasteiger partial charge on any atom is 0 e. The Kier molecular flexibility index (Phi) is 241. The Hall–Kier alpha value is 3.03. The molecule has 0 aliphatic heterocycles. The van der Waals surface area contributed by atoms with Crippen LogP contribution in [-0.2, 0) is 43.4 Å². The van der Waals surface area contributed by atoms with Crippen molar-refractivity contribution in [2.75, 3.05) is 0 Å². The van der Waals surface area contributed by atoms with E-state index in [1.165, 1.54) is 0 Å². The van der Waals surface area contributed by atoms with Gasteiger partial charge in [0.25, 0.3) is 0 Å². The van der Waals surface area contributed by atoms with E-state index in [4.69, 9.17) is 0 Å². The molecule has 0 aromatic carbocycles. The van der Waals surface area contributed by atoms with Gasteiger partial charge in [-0.15, -0.1) is 0 Å². The molecule has 0 aromatic rings. The van der Waals surface area contributed by atoms with Crippen LogP contribution < -0.4 is 0 Å². The van der Waals surface area contributed by atoms with E-state index < -0.39 is 0 Å². The van der Waals surface area contributed by atoms with Crippen LogP contribution in [0.25, 0.3) is 0 Å². The van der Waals surface area contributed by atoms with Gasteiger partial charge in [-0.1, -0.05) is 0 Å². The molecule has 0 nitrogen and oxygen atoms in total. The molecule has 0 spiro atoms. The fraction of sp³-hybridized carbons (Fsp3) is 0. The maximum Gasteiger partial charge on any atom is 0.187 e. The molecule has 0 saturated heterocycles. The maximum absolute atomic E-state index is 0. The van der Waals surface area contributed by atoms with Crippen LogP contribution in [0.15, 0.2) is 0 Å². The summed E-state index contributed by atoms with van der Waals surface area (Å²) in [6, 6.07) is 0. The summed E-state index contributed by atoms with van der Waals surface area (Å²) in [6.07, 6.45) is 0. The van der Waals surface area contributed by atoms with Gasteiger partial charge < -0.3 is 0 Å². The van der Waals surface area contributed by atoms with Crippen LogP contribution in [-0.4, -0.2) is 52.1 Å². The summed E-state index contributed by atoms with van der Waals surface area (Å²) in [5, 5.41) is 0. The zero-order valence-corrected chi connectivity index (χ0v) is 4.12. The van der Waals surface area contributed by atoms with E-state index in [0.717, 1.165) is 0 Å². The Morgan fingerprint density at radius 1 is 0.400 bits per heavy atom. The number of hydrogen-bond acceptors (Lipinski definition) is 0. The standard InChI is InChI=1S/3Al.2Ti.9H. The van der Waals surface area contributed by atoms with Crippen molar-refractivity contribution in [3.05, 3.63) is 0 Å². The molecule has 0 aliphatic rings. The zero-order chi connectivity index (χ0) is 0. The molecule has 5 heteroatoms. The van der Waals surface area contributed by atoms with Crippen molar-refractivity contribution < 1.29 is 43.4 Å². The van der Waals surface area contributed by atoms with Crippen molar-refractivity contribution in [2.45, 2.75) is 0 Å². The minimum absolute atomic E-state index is 0. The van der Waals surface area contributed by atoms with Gasteiger partial charge in [-0.05, 0) is 0 Å². The third-order valence-electron chi connectivity index (χ3n) is 0. The Balaban J connectivity index is 0. The van der Waals surface area contributed by atoms with Crippen LogP contribution >= 0.6 is 0 Å². The van der Waals surface area contributed by atoms with E-state index >= 15 is 0 Å². The Labute approximate surface area is 94.0 Å². The van der Waals surface area contributed by atoms with Crippen molar-refractivity contribution in [2.24, 2.45) is 0 Å². The molecular weight excluding hydrogens is 177 g/mol. The second-order valence-electron chi connectivity index (χ2n) is 0.